The van der Waals surface area contributed by atoms with Gasteiger partial charge in [-0.2, -0.15) is 5.10 Å². The molecule has 0 saturated carbocycles. The monoisotopic (exact) mass is 290 g/mol. The van der Waals surface area contributed by atoms with Crippen molar-refractivity contribution in [2.24, 2.45) is 5.92 Å². The summed E-state index contributed by atoms with van der Waals surface area (Å²) in [4.78, 5) is 18.9. The highest BCUT2D eigenvalue weighted by molar-refractivity contribution is 7.11. The maximum atomic E-state index is 12.2. The molecule has 0 N–H and O–H groups in total. The second kappa shape index (κ2) is 5.75. The highest BCUT2D eigenvalue weighted by atomic mass is 32.1. The number of carbonyl (C=O) groups is 1. The molecule has 3 heterocycles. The van der Waals surface area contributed by atoms with Gasteiger partial charge >= 0.3 is 0 Å². The first kappa shape index (κ1) is 13.3. The molecule has 0 radical (unpaired) electrons. The molecule has 2 aromatic heterocycles. The number of piperidine rings is 1. The Kier molecular flexibility index (Phi) is 3.82. The first-order chi connectivity index (χ1) is 9.72. The van der Waals surface area contributed by atoms with Crippen molar-refractivity contribution < 1.29 is 4.79 Å². The second-order valence-corrected chi connectivity index (χ2v) is 6.23. The van der Waals surface area contributed by atoms with Crippen molar-refractivity contribution in [3.8, 4) is 0 Å². The molecular weight excluding hydrogens is 272 g/mol. The summed E-state index contributed by atoms with van der Waals surface area (Å²) in [5.74, 6) is 0.737. The number of carbonyl (C=O) groups excluding carboxylic acids is 1. The number of rotatable bonds is 3. The van der Waals surface area contributed by atoms with Crippen LogP contribution < -0.4 is 0 Å². The predicted molar refractivity (Wildman–Crippen MR) is 77.7 cm³/mol. The maximum absolute atomic E-state index is 12.2. The summed E-state index contributed by atoms with van der Waals surface area (Å²) < 4.78 is 2.01. The Morgan fingerprint density at radius 3 is 2.80 bits per heavy atom. The minimum Gasteiger partial charge on any atom is -0.338 e. The zero-order valence-corrected chi connectivity index (χ0v) is 12.3. The van der Waals surface area contributed by atoms with E-state index in [-0.39, 0.29) is 5.91 Å². The summed E-state index contributed by atoms with van der Waals surface area (Å²) in [5.41, 5.74) is 2.91. The van der Waals surface area contributed by atoms with E-state index < -0.39 is 0 Å². The average molecular weight is 290 g/mol. The quantitative estimate of drug-likeness (QED) is 0.871. The summed E-state index contributed by atoms with van der Waals surface area (Å²) >= 11 is 1.41. The van der Waals surface area contributed by atoms with Gasteiger partial charge in [0.2, 0.25) is 0 Å². The van der Waals surface area contributed by atoms with E-state index >= 15 is 0 Å². The fraction of sp³-hybridized carbons (Fsp3) is 0.500. The summed E-state index contributed by atoms with van der Waals surface area (Å²) in [6, 6.07) is 0. The van der Waals surface area contributed by atoms with Gasteiger partial charge in [0.1, 0.15) is 4.88 Å². The molecule has 0 unspecified atom stereocenters. The van der Waals surface area contributed by atoms with Crippen LogP contribution in [-0.2, 0) is 6.54 Å². The summed E-state index contributed by atoms with van der Waals surface area (Å²) in [6.07, 6.45) is 7.72. The van der Waals surface area contributed by atoms with Crippen LogP contribution in [0.2, 0.25) is 0 Å². The normalized spacial score (nSPS) is 16.6. The summed E-state index contributed by atoms with van der Waals surface area (Å²) in [5, 5.41) is 4.33. The van der Waals surface area contributed by atoms with Gasteiger partial charge in [0.25, 0.3) is 5.91 Å². The van der Waals surface area contributed by atoms with Crippen molar-refractivity contribution >= 4 is 17.2 Å². The Morgan fingerprint density at radius 1 is 1.40 bits per heavy atom. The second-order valence-electron chi connectivity index (χ2n) is 5.34. The zero-order chi connectivity index (χ0) is 13.9. The van der Waals surface area contributed by atoms with Gasteiger partial charge in [-0.05, 0) is 31.2 Å². The van der Waals surface area contributed by atoms with Gasteiger partial charge in [0, 0.05) is 25.8 Å². The molecule has 2 aromatic rings. The molecule has 6 heteroatoms. The van der Waals surface area contributed by atoms with Crippen molar-refractivity contribution in [1.82, 2.24) is 19.7 Å². The maximum Gasteiger partial charge on any atom is 0.265 e. The number of nitrogens with zero attached hydrogens (tertiary/aromatic N) is 4. The fourth-order valence-electron chi connectivity index (χ4n) is 2.63. The van der Waals surface area contributed by atoms with Gasteiger partial charge in [-0.1, -0.05) is 0 Å². The molecule has 5 nitrogen and oxygen atoms in total. The van der Waals surface area contributed by atoms with Gasteiger partial charge in [-0.3, -0.25) is 14.5 Å². The van der Waals surface area contributed by atoms with Gasteiger partial charge in [-0.15, -0.1) is 11.3 Å². The number of aryl methyl sites for hydroxylation is 1. The molecule has 1 fully saturated rings. The van der Waals surface area contributed by atoms with Crippen molar-refractivity contribution in [3.63, 3.8) is 0 Å². The van der Waals surface area contributed by atoms with E-state index in [1.54, 1.807) is 11.7 Å². The molecule has 0 spiro atoms. The number of thiazole rings is 1. The van der Waals surface area contributed by atoms with E-state index in [2.05, 4.69) is 23.2 Å². The molecule has 1 saturated heterocycles. The highest BCUT2D eigenvalue weighted by Crippen LogP contribution is 2.21. The van der Waals surface area contributed by atoms with Crippen molar-refractivity contribution in [2.75, 3.05) is 13.1 Å². The van der Waals surface area contributed by atoms with Gasteiger partial charge in [0.05, 0.1) is 17.9 Å². The van der Waals surface area contributed by atoms with Crippen LogP contribution in [0.1, 0.15) is 28.1 Å². The summed E-state index contributed by atoms with van der Waals surface area (Å²) in [6.45, 7) is 4.68. The smallest absolute Gasteiger partial charge is 0.265 e. The Hall–Kier alpha value is -1.69. The van der Waals surface area contributed by atoms with E-state index in [9.17, 15) is 4.79 Å². The zero-order valence-electron chi connectivity index (χ0n) is 11.5. The minimum absolute atomic E-state index is 0.126. The number of aromatic nitrogens is 3. The van der Waals surface area contributed by atoms with E-state index in [4.69, 9.17) is 0 Å². The first-order valence-electron chi connectivity index (χ1n) is 6.89. The van der Waals surface area contributed by atoms with Crippen LogP contribution in [0.4, 0.5) is 0 Å². The predicted octanol–water partition coefficient (Wildman–Crippen LogP) is 2.20. The fourth-order valence-corrected chi connectivity index (χ4v) is 3.21. The third-order valence-corrected chi connectivity index (χ3v) is 4.51. The van der Waals surface area contributed by atoms with Crippen LogP contribution in [0.25, 0.3) is 0 Å². The average Bonchev–Trinajstić information content (AvgIpc) is 3.11. The Morgan fingerprint density at radius 2 is 2.20 bits per heavy atom. The van der Waals surface area contributed by atoms with Crippen molar-refractivity contribution in [3.05, 3.63) is 34.5 Å². The standard InChI is InChI=1S/C14H18N4OS/c1-11-6-16-18(8-11)9-12-2-4-17(5-3-12)14(19)13-7-15-10-20-13/h6-8,10,12H,2-5,9H2,1H3. The van der Waals surface area contributed by atoms with Crippen molar-refractivity contribution in [2.45, 2.75) is 26.3 Å². The lowest BCUT2D eigenvalue weighted by atomic mass is 9.97. The first-order valence-corrected chi connectivity index (χ1v) is 7.77. The minimum atomic E-state index is 0.126. The van der Waals surface area contributed by atoms with Crippen LogP contribution >= 0.6 is 11.3 Å². The molecule has 3 rings (SSSR count). The number of hydrogen-bond donors (Lipinski definition) is 0. The molecule has 0 atom stereocenters. The van der Waals surface area contributed by atoms with E-state index in [1.165, 1.54) is 16.9 Å². The number of amides is 1. The van der Waals surface area contributed by atoms with E-state index in [0.717, 1.165) is 37.4 Å². The molecule has 0 bridgehead atoms. The third-order valence-electron chi connectivity index (χ3n) is 3.75. The van der Waals surface area contributed by atoms with Crippen LogP contribution in [0.3, 0.4) is 0 Å². The lowest BCUT2D eigenvalue weighted by Crippen LogP contribution is -2.39. The van der Waals surface area contributed by atoms with Crippen LogP contribution in [-0.4, -0.2) is 38.7 Å². The molecule has 1 amide bonds. The molecule has 0 aliphatic carbocycles. The van der Waals surface area contributed by atoms with Gasteiger partial charge < -0.3 is 4.90 Å². The lowest BCUT2D eigenvalue weighted by Gasteiger charge is -2.31. The molecule has 20 heavy (non-hydrogen) atoms. The van der Waals surface area contributed by atoms with Crippen molar-refractivity contribution in [1.29, 1.82) is 0 Å². The Balaban J connectivity index is 1.53. The topological polar surface area (TPSA) is 51.0 Å². The van der Waals surface area contributed by atoms with E-state index in [0.29, 0.717) is 5.92 Å². The van der Waals surface area contributed by atoms with Gasteiger partial charge in [0.15, 0.2) is 0 Å². The van der Waals surface area contributed by atoms with Crippen LogP contribution in [0, 0.1) is 12.8 Å². The number of likely N-dealkylation sites (tertiary alicyclic amines) is 1. The van der Waals surface area contributed by atoms with Crippen LogP contribution in [0.15, 0.2) is 24.1 Å². The molecule has 0 aromatic carbocycles. The molecular formula is C14H18N4OS. The van der Waals surface area contributed by atoms with E-state index in [1.807, 2.05) is 15.8 Å². The van der Waals surface area contributed by atoms with Gasteiger partial charge in [-0.25, -0.2) is 0 Å². The Bertz CT molecular complexity index is 570. The molecule has 1 aliphatic rings. The summed E-state index contributed by atoms with van der Waals surface area (Å²) in [7, 11) is 0. The molecule has 1 aliphatic heterocycles. The largest absolute Gasteiger partial charge is 0.338 e. The Labute approximate surface area is 122 Å². The molecule has 106 valence electrons. The SMILES string of the molecule is Cc1cnn(CC2CCN(C(=O)c3cncs3)CC2)c1. The number of hydrogen-bond acceptors (Lipinski definition) is 4. The van der Waals surface area contributed by atoms with Crippen LogP contribution in [0.5, 0.6) is 0 Å². The lowest BCUT2D eigenvalue weighted by molar-refractivity contribution is 0.0686. The third kappa shape index (κ3) is 2.90. The highest BCUT2D eigenvalue weighted by Gasteiger charge is 2.24.